The number of hydrogen-bond acceptors (Lipinski definition) is 14. The lowest BCUT2D eigenvalue weighted by Gasteiger charge is -2.58. The van der Waals surface area contributed by atoms with Gasteiger partial charge in [0.05, 0.1) is 42.6 Å². The van der Waals surface area contributed by atoms with Crippen LogP contribution in [0.15, 0.2) is 96.2 Å². The lowest BCUT2D eigenvalue weighted by molar-refractivity contribution is -0.0628. The van der Waals surface area contributed by atoms with E-state index in [9.17, 15) is 27.9 Å². The maximum atomic E-state index is 15.1. The van der Waals surface area contributed by atoms with E-state index in [0.29, 0.717) is 48.4 Å². The van der Waals surface area contributed by atoms with Crippen LogP contribution in [0, 0.1) is 22.4 Å². The number of piperazine rings is 1. The van der Waals surface area contributed by atoms with Gasteiger partial charge in [0.25, 0.3) is 21.8 Å². The molecular formula is C60H69F2N8O8S-. The molecule has 6 aromatic rings. The summed E-state index contributed by atoms with van der Waals surface area (Å²) >= 11 is 0. The van der Waals surface area contributed by atoms with Gasteiger partial charge in [-0.15, -0.1) is 0 Å². The number of nitrogens with zero attached hydrogens (tertiary/aromatic N) is 6. The number of carbonyl (C=O) groups is 1. The Bertz CT molecular complexity index is 3380. The van der Waals surface area contributed by atoms with E-state index in [4.69, 9.17) is 14.2 Å². The molecule has 0 bridgehead atoms. The fraction of sp³-hybridized carbons (Fsp3) is 0.450. The summed E-state index contributed by atoms with van der Waals surface area (Å²) in [5.74, 6) is -1.06. The summed E-state index contributed by atoms with van der Waals surface area (Å²) in [7, 11) is -2.11. The van der Waals surface area contributed by atoms with E-state index in [1.54, 1.807) is 12.1 Å². The standard InChI is InChI=1S/C60H69F2N8O8S/c1-37(2)43-8-6-7-9-44(43)50-34-68(33-38-10-12-40(61)13-11-38)26-27-70(50)42-31-60(32-42)22-24-69(25-23-60)41-14-15-45(51(28-41)78-52-29-46-47(62)16-17-48(46)65-58(52)76-5)57(71)66-79(74,75)53-30-49(67(4)73)56(55-54(53)63-36-64-55)77-35-39-18-20-59(3,72)21-19-39/h6-16,28-30,36-37,39,42,50,72H,17-27,31-35H2,1-5H3,(H,63,64)(H,66,71)/q-1. The summed E-state index contributed by atoms with van der Waals surface area (Å²) in [6.07, 6.45) is 9.66. The molecule has 2 saturated heterocycles. The molecule has 0 radical (unpaired) electrons. The van der Waals surface area contributed by atoms with Crippen molar-refractivity contribution >= 4 is 44.2 Å². The third kappa shape index (κ3) is 11.2. The largest absolute Gasteiger partial charge is 0.758 e. The van der Waals surface area contributed by atoms with Gasteiger partial charge in [-0.05, 0) is 142 Å². The monoisotopic (exact) mass is 1100 g/mol. The number of fused-ring (bicyclic) bond motifs is 2. The fourth-order valence-electron chi connectivity index (χ4n) is 12.7. The van der Waals surface area contributed by atoms with E-state index < -0.39 is 32.3 Å². The van der Waals surface area contributed by atoms with Gasteiger partial charge in [0.15, 0.2) is 11.5 Å². The van der Waals surface area contributed by atoms with Crippen molar-refractivity contribution in [3.8, 4) is 23.1 Å². The summed E-state index contributed by atoms with van der Waals surface area (Å²) in [4.78, 5) is 33.3. The molecule has 1 atom stereocenters. The summed E-state index contributed by atoms with van der Waals surface area (Å²) in [6.45, 7) is 11.5. The number of benzene rings is 4. The minimum Gasteiger partial charge on any atom is -0.758 e. The van der Waals surface area contributed by atoms with Gasteiger partial charge in [-0.2, -0.15) is 0 Å². The smallest absolute Gasteiger partial charge is 0.268 e. The predicted molar refractivity (Wildman–Crippen MR) is 299 cm³/mol. The number of piperidine rings is 1. The quantitative estimate of drug-likeness (QED) is 0.0777. The Morgan fingerprint density at radius 1 is 0.975 bits per heavy atom. The van der Waals surface area contributed by atoms with Gasteiger partial charge in [0.1, 0.15) is 33.3 Å². The number of imidazole rings is 1. The molecule has 418 valence electrons. The van der Waals surface area contributed by atoms with Crippen LogP contribution < -0.4 is 28.9 Å². The van der Waals surface area contributed by atoms with Gasteiger partial charge in [0, 0.05) is 75.1 Å². The van der Waals surface area contributed by atoms with Crippen molar-refractivity contribution in [2.24, 2.45) is 11.3 Å². The van der Waals surface area contributed by atoms with Crippen LogP contribution in [-0.2, 0) is 23.0 Å². The molecule has 2 aliphatic heterocycles. The van der Waals surface area contributed by atoms with Crippen LogP contribution in [0.25, 0.3) is 16.9 Å². The third-order valence-electron chi connectivity index (χ3n) is 17.3. The molecule has 3 aliphatic carbocycles. The van der Waals surface area contributed by atoms with Crippen LogP contribution in [0.1, 0.15) is 122 Å². The highest BCUT2D eigenvalue weighted by Gasteiger charge is 2.50. The number of rotatable bonds is 16. The van der Waals surface area contributed by atoms with Crippen LogP contribution in [-0.4, -0.2) is 109 Å². The number of nitrogens with one attached hydrogen (secondary N) is 2. The number of ether oxygens (including phenoxy) is 3. The number of aromatic nitrogens is 3. The molecular weight excluding hydrogens is 1030 g/mol. The van der Waals surface area contributed by atoms with Gasteiger partial charge in [0.2, 0.25) is 0 Å². The molecule has 4 aromatic carbocycles. The average Bonchev–Trinajstić information content (AvgIpc) is 4.27. The van der Waals surface area contributed by atoms with Crippen LogP contribution in [0.5, 0.6) is 23.1 Å². The predicted octanol–water partition coefficient (Wildman–Crippen LogP) is 10.6. The normalized spacial score (nSPS) is 21.7. The highest BCUT2D eigenvalue weighted by atomic mass is 32.2. The number of methoxy groups -OCH3 is 1. The zero-order chi connectivity index (χ0) is 55.4. The van der Waals surface area contributed by atoms with Crippen molar-refractivity contribution < 1.29 is 41.3 Å². The number of sulfonamides is 1. The number of hydrogen-bond donors (Lipinski definition) is 3. The minimum atomic E-state index is -4.75. The molecule has 3 N–H and O–H groups in total. The lowest BCUT2D eigenvalue weighted by Crippen LogP contribution is -2.60. The molecule has 1 spiro atoms. The Morgan fingerprint density at radius 2 is 1.72 bits per heavy atom. The molecule has 16 nitrogen and oxygen atoms in total. The van der Waals surface area contributed by atoms with Crippen molar-refractivity contribution in [1.29, 1.82) is 0 Å². The molecule has 1 unspecified atom stereocenters. The summed E-state index contributed by atoms with van der Waals surface area (Å²) in [5.41, 5.74) is 4.59. The average molecular weight is 1100 g/mol. The Kier molecular flexibility index (Phi) is 15.0. The Hall–Kier alpha value is -6.64. The zero-order valence-corrected chi connectivity index (χ0v) is 46.3. The number of pyridine rings is 1. The van der Waals surface area contributed by atoms with E-state index >= 15 is 4.39 Å². The topological polar surface area (TPSA) is 189 Å². The molecule has 79 heavy (non-hydrogen) atoms. The first-order valence-corrected chi connectivity index (χ1v) is 29.0. The number of aromatic amines is 1. The maximum Gasteiger partial charge on any atom is 0.268 e. The first-order valence-electron chi connectivity index (χ1n) is 27.5. The molecule has 19 heteroatoms. The molecule has 4 fully saturated rings. The number of allylic oxidation sites excluding steroid dienone is 1. The third-order valence-corrected chi connectivity index (χ3v) is 18.6. The number of hydroxylamine groups is 1. The summed E-state index contributed by atoms with van der Waals surface area (Å²) < 4.78 is 78.3. The maximum absolute atomic E-state index is 15.1. The number of H-pyrrole nitrogens is 1. The Morgan fingerprint density at radius 3 is 2.44 bits per heavy atom. The lowest BCUT2D eigenvalue weighted by atomic mass is 9.59. The zero-order valence-electron chi connectivity index (χ0n) is 45.4. The summed E-state index contributed by atoms with van der Waals surface area (Å²) in [5, 5.41) is 24.1. The van der Waals surface area contributed by atoms with Gasteiger partial charge >= 0.3 is 0 Å². The first kappa shape index (κ1) is 54.3. The first-order chi connectivity index (χ1) is 37.9. The Balaban J connectivity index is 0.828. The number of anilines is 2. The van der Waals surface area contributed by atoms with Crippen LogP contribution in [0.4, 0.5) is 20.2 Å². The van der Waals surface area contributed by atoms with E-state index in [1.165, 1.54) is 62.0 Å². The molecule has 1 amide bonds. The molecule has 11 rings (SSSR count). The highest BCUT2D eigenvalue weighted by Crippen LogP contribution is 2.54. The van der Waals surface area contributed by atoms with Crippen molar-refractivity contribution in [3.63, 3.8) is 0 Å². The van der Waals surface area contributed by atoms with Gasteiger partial charge in [-0.3, -0.25) is 14.6 Å². The van der Waals surface area contributed by atoms with Gasteiger partial charge in [-0.25, -0.2) is 31.9 Å². The number of amides is 1. The summed E-state index contributed by atoms with van der Waals surface area (Å²) in [6, 6.07) is 23.9. The molecule has 2 aromatic heterocycles. The van der Waals surface area contributed by atoms with Crippen molar-refractivity contribution in [3.05, 3.63) is 136 Å². The van der Waals surface area contributed by atoms with Crippen LogP contribution in [0.3, 0.4) is 0 Å². The van der Waals surface area contributed by atoms with Crippen molar-refractivity contribution in [1.82, 2.24) is 29.5 Å². The molecule has 4 heterocycles. The number of aliphatic hydroxyl groups is 1. The number of carbonyl (C=O) groups excluding carboxylic acids is 1. The van der Waals surface area contributed by atoms with Crippen LogP contribution >= 0.6 is 0 Å². The van der Waals surface area contributed by atoms with Crippen molar-refractivity contribution in [2.75, 3.05) is 63.5 Å². The second kappa shape index (κ2) is 21.8. The van der Waals surface area contributed by atoms with Crippen LogP contribution in [0.2, 0.25) is 0 Å². The second-order valence-electron chi connectivity index (χ2n) is 23.0. The van der Waals surface area contributed by atoms with Gasteiger partial charge in [-0.1, -0.05) is 50.2 Å². The van der Waals surface area contributed by atoms with Crippen molar-refractivity contribution in [2.45, 2.75) is 114 Å². The van der Waals surface area contributed by atoms with E-state index in [-0.39, 0.29) is 87.2 Å². The molecule has 2 saturated carbocycles. The SMILES string of the molecule is COc1nc2c(cc1Oc1cc(N3CCC4(CC3)CC(N3CCN(Cc5ccc(F)cc5)CC3c3ccccc3C(C)C)C4)ccc1C(=O)NS(=O)(=O)c1cc(N(C)[O-])c(OCC3CCC(C)(O)CC3)c3[nH]cnc13)C(F)=CC2. The van der Waals surface area contributed by atoms with E-state index in [0.717, 1.165) is 82.3 Å². The second-order valence-corrected chi connectivity index (χ2v) is 24.7. The number of halogens is 2. The van der Waals surface area contributed by atoms with E-state index in [2.05, 4.69) is 72.5 Å². The molecule has 5 aliphatic rings. The fourth-order valence-corrected chi connectivity index (χ4v) is 13.9. The Labute approximate surface area is 460 Å². The minimum absolute atomic E-state index is 0.0132. The van der Waals surface area contributed by atoms with Gasteiger partial charge < -0.3 is 39.5 Å². The van der Waals surface area contributed by atoms with E-state index in [1.807, 2.05) is 19.1 Å². The highest BCUT2D eigenvalue weighted by molar-refractivity contribution is 7.90.